The summed E-state index contributed by atoms with van der Waals surface area (Å²) in [4.78, 5) is 31.6. The van der Waals surface area contributed by atoms with Crippen molar-refractivity contribution in [1.82, 2.24) is 0 Å². The van der Waals surface area contributed by atoms with Crippen LogP contribution in [0.25, 0.3) is 0 Å². The summed E-state index contributed by atoms with van der Waals surface area (Å²) in [5.74, 6) is -0.452. The average molecular weight is 421 g/mol. The molecule has 31 heavy (non-hydrogen) atoms. The third-order valence-corrected chi connectivity index (χ3v) is 5.50. The van der Waals surface area contributed by atoms with Crippen molar-refractivity contribution in [1.29, 1.82) is 0 Å². The van der Waals surface area contributed by atoms with Crippen LogP contribution in [0.15, 0.2) is 59.6 Å². The minimum atomic E-state index is -0.336. The van der Waals surface area contributed by atoms with Gasteiger partial charge in [-0.15, -0.1) is 0 Å². The number of benzene rings is 2. The number of rotatable bonds is 11. The molecule has 1 amide bonds. The molecule has 1 aliphatic heterocycles. The Balaban J connectivity index is 1.67. The van der Waals surface area contributed by atoms with Crippen LogP contribution in [0.5, 0.6) is 0 Å². The molecule has 5 nitrogen and oxygen atoms in total. The number of aliphatic imine (C=N–C) groups is 1. The molecule has 3 rings (SSSR count). The lowest BCUT2D eigenvalue weighted by atomic mass is 10.1. The van der Waals surface area contributed by atoms with Crippen LogP contribution < -0.4 is 4.90 Å². The van der Waals surface area contributed by atoms with Crippen LogP contribution in [0.3, 0.4) is 0 Å². The van der Waals surface area contributed by atoms with Crippen LogP contribution in [0, 0.1) is 0 Å². The summed E-state index contributed by atoms with van der Waals surface area (Å²) in [6.45, 7) is 5.19. The van der Waals surface area contributed by atoms with E-state index in [-0.39, 0.29) is 30.1 Å². The fourth-order valence-corrected chi connectivity index (χ4v) is 3.71. The van der Waals surface area contributed by atoms with E-state index in [4.69, 9.17) is 4.74 Å². The van der Waals surface area contributed by atoms with E-state index in [9.17, 15) is 9.59 Å². The highest BCUT2D eigenvalue weighted by atomic mass is 16.5. The molecule has 0 bridgehead atoms. The molecule has 0 aliphatic carbocycles. The monoisotopic (exact) mass is 420 g/mol. The SMILES string of the molecule is CCCc1ccc(N(CCCc2ccccc2)C(=O)CC(=O)C2=NCC(CC)O2)cc1. The van der Waals surface area contributed by atoms with Crippen molar-refractivity contribution >= 4 is 23.3 Å². The van der Waals surface area contributed by atoms with Gasteiger partial charge in [0, 0.05) is 12.2 Å². The Kier molecular flexibility index (Phi) is 8.39. The Bertz CT molecular complexity index is 891. The van der Waals surface area contributed by atoms with E-state index < -0.39 is 0 Å². The Morgan fingerprint density at radius 3 is 2.35 bits per heavy atom. The zero-order valence-electron chi connectivity index (χ0n) is 18.5. The van der Waals surface area contributed by atoms with Gasteiger partial charge in [0.15, 0.2) is 0 Å². The molecule has 0 aromatic heterocycles. The number of aryl methyl sites for hydroxylation is 2. The van der Waals surface area contributed by atoms with Crippen LogP contribution in [0.2, 0.25) is 0 Å². The second-order valence-corrected chi connectivity index (χ2v) is 7.94. The van der Waals surface area contributed by atoms with E-state index >= 15 is 0 Å². The normalized spacial score (nSPS) is 15.3. The summed E-state index contributed by atoms with van der Waals surface area (Å²) in [5.41, 5.74) is 3.31. The summed E-state index contributed by atoms with van der Waals surface area (Å²) < 4.78 is 5.57. The standard InChI is InChI=1S/C26H32N2O3/c1-3-9-20-13-15-22(16-14-20)28(17-8-12-21-10-6-5-7-11-21)25(30)18-24(29)26-27-19-23(4-2)31-26/h5-7,10-11,13-16,23H,3-4,8-9,12,17-19H2,1-2H3. The van der Waals surface area contributed by atoms with Crippen molar-refractivity contribution < 1.29 is 14.3 Å². The summed E-state index contributed by atoms with van der Waals surface area (Å²) in [6.07, 6.45) is 4.30. The molecular weight excluding hydrogens is 388 g/mol. The van der Waals surface area contributed by atoms with Gasteiger partial charge in [-0.25, -0.2) is 4.99 Å². The van der Waals surface area contributed by atoms with Gasteiger partial charge in [-0.1, -0.05) is 62.7 Å². The van der Waals surface area contributed by atoms with Gasteiger partial charge in [0.25, 0.3) is 5.90 Å². The number of amides is 1. The zero-order valence-corrected chi connectivity index (χ0v) is 18.5. The van der Waals surface area contributed by atoms with E-state index in [1.165, 1.54) is 11.1 Å². The number of ketones is 1. The van der Waals surface area contributed by atoms with Gasteiger partial charge in [0.1, 0.15) is 6.10 Å². The van der Waals surface area contributed by atoms with E-state index in [0.29, 0.717) is 13.1 Å². The van der Waals surface area contributed by atoms with Gasteiger partial charge in [0.2, 0.25) is 11.7 Å². The highest BCUT2D eigenvalue weighted by molar-refractivity contribution is 6.40. The third-order valence-electron chi connectivity index (χ3n) is 5.50. The number of carbonyl (C=O) groups excluding carboxylic acids is 2. The number of hydrogen-bond acceptors (Lipinski definition) is 4. The summed E-state index contributed by atoms with van der Waals surface area (Å²) in [5, 5.41) is 0. The number of nitrogens with zero attached hydrogens (tertiary/aromatic N) is 2. The minimum Gasteiger partial charge on any atom is -0.470 e. The maximum absolute atomic E-state index is 13.1. The first-order valence-electron chi connectivity index (χ1n) is 11.3. The van der Waals surface area contributed by atoms with Crippen molar-refractivity contribution in [2.75, 3.05) is 18.0 Å². The molecule has 1 heterocycles. The van der Waals surface area contributed by atoms with Crippen molar-refractivity contribution in [3.8, 4) is 0 Å². The van der Waals surface area contributed by atoms with E-state index in [0.717, 1.165) is 37.8 Å². The smallest absolute Gasteiger partial charge is 0.254 e. The fourth-order valence-electron chi connectivity index (χ4n) is 3.71. The van der Waals surface area contributed by atoms with Crippen molar-refractivity contribution in [3.05, 3.63) is 65.7 Å². The van der Waals surface area contributed by atoms with Gasteiger partial charge < -0.3 is 9.64 Å². The van der Waals surface area contributed by atoms with E-state index in [1.807, 2.05) is 37.3 Å². The topological polar surface area (TPSA) is 59.0 Å². The Labute approximate surface area is 185 Å². The largest absolute Gasteiger partial charge is 0.470 e. The summed E-state index contributed by atoms with van der Waals surface area (Å²) in [6, 6.07) is 18.3. The molecule has 5 heteroatoms. The second-order valence-electron chi connectivity index (χ2n) is 7.94. The predicted molar refractivity (Wildman–Crippen MR) is 125 cm³/mol. The summed E-state index contributed by atoms with van der Waals surface area (Å²) in [7, 11) is 0. The Morgan fingerprint density at radius 2 is 1.71 bits per heavy atom. The molecule has 2 aromatic carbocycles. The number of ether oxygens (including phenoxy) is 1. The molecule has 0 spiro atoms. The number of carbonyl (C=O) groups is 2. The fraction of sp³-hybridized carbons (Fsp3) is 0.423. The molecule has 2 aromatic rings. The van der Waals surface area contributed by atoms with Gasteiger partial charge in [-0.05, 0) is 48.9 Å². The molecule has 0 fully saturated rings. The maximum atomic E-state index is 13.1. The molecule has 1 aliphatic rings. The molecule has 164 valence electrons. The van der Waals surface area contributed by atoms with Crippen LogP contribution in [-0.2, 0) is 27.2 Å². The average Bonchev–Trinajstić information content (AvgIpc) is 3.28. The van der Waals surface area contributed by atoms with Gasteiger partial charge >= 0.3 is 0 Å². The molecular formula is C26H32N2O3. The molecule has 0 saturated heterocycles. The summed E-state index contributed by atoms with van der Waals surface area (Å²) >= 11 is 0. The first kappa shape index (κ1) is 22.7. The van der Waals surface area contributed by atoms with Gasteiger partial charge in [-0.2, -0.15) is 0 Å². The van der Waals surface area contributed by atoms with Crippen LogP contribution in [-0.4, -0.2) is 36.8 Å². The van der Waals surface area contributed by atoms with Crippen LogP contribution in [0.4, 0.5) is 5.69 Å². The van der Waals surface area contributed by atoms with Crippen molar-refractivity contribution in [2.24, 2.45) is 4.99 Å². The lowest BCUT2D eigenvalue weighted by Gasteiger charge is -2.23. The molecule has 1 unspecified atom stereocenters. The highest BCUT2D eigenvalue weighted by Crippen LogP contribution is 2.19. The predicted octanol–water partition coefficient (Wildman–Crippen LogP) is 4.77. The lowest BCUT2D eigenvalue weighted by Crippen LogP contribution is -2.35. The molecule has 1 atom stereocenters. The first-order chi connectivity index (χ1) is 15.1. The maximum Gasteiger partial charge on any atom is 0.254 e. The quantitative estimate of drug-likeness (QED) is 0.492. The number of Topliss-reactive ketones (excluding diaryl/α,β-unsaturated/α-hetero) is 1. The van der Waals surface area contributed by atoms with Gasteiger partial charge in [0.05, 0.1) is 13.0 Å². The van der Waals surface area contributed by atoms with Crippen molar-refractivity contribution in [2.45, 2.75) is 58.5 Å². The van der Waals surface area contributed by atoms with E-state index in [1.54, 1.807) is 4.90 Å². The van der Waals surface area contributed by atoms with Crippen molar-refractivity contribution in [3.63, 3.8) is 0 Å². The first-order valence-corrected chi connectivity index (χ1v) is 11.3. The number of hydrogen-bond donors (Lipinski definition) is 0. The highest BCUT2D eigenvalue weighted by Gasteiger charge is 2.27. The minimum absolute atomic E-state index is 0.0536. The Hall–Kier alpha value is -2.95. The molecule has 0 N–H and O–H groups in total. The lowest BCUT2D eigenvalue weighted by molar-refractivity contribution is -0.124. The zero-order chi connectivity index (χ0) is 22.1. The van der Waals surface area contributed by atoms with Crippen LogP contribution in [0.1, 0.15) is 50.7 Å². The molecule has 0 radical (unpaired) electrons. The Morgan fingerprint density at radius 1 is 1.00 bits per heavy atom. The second kappa shape index (κ2) is 11.4. The van der Waals surface area contributed by atoms with E-state index in [2.05, 4.69) is 36.2 Å². The molecule has 0 saturated carbocycles. The third kappa shape index (κ3) is 6.51. The van der Waals surface area contributed by atoms with Crippen LogP contribution >= 0.6 is 0 Å². The number of anilines is 1. The van der Waals surface area contributed by atoms with Gasteiger partial charge in [-0.3, -0.25) is 9.59 Å².